The monoisotopic (exact) mass is 162 g/mol. The molecule has 0 spiro atoms. The summed E-state index contributed by atoms with van der Waals surface area (Å²) in [5.41, 5.74) is 0.492. The Balaban J connectivity index is 2.35. The summed E-state index contributed by atoms with van der Waals surface area (Å²) in [7, 11) is 0. The van der Waals surface area contributed by atoms with Crippen molar-refractivity contribution in [2.24, 2.45) is 0 Å². The third-order valence-corrected chi connectivity index (χ3v) is 2.54. The smallest absolute Gasteiger partial charge is 0.133 e. The average Bonchev–Trinajstić information content (AvgIpc) is 2.35. The van der Waals surface area contributed by atoms with Gasteiger partial charge in [-0.3, -0.25) is 0 Å². The molecule has 0 unspecified atom stereocenters. The Morgan fingerprint density at radius 1 is 1.67 bits per heavy atom. The highest BCUT2D eigenvalue weighted by Gasteiger charge is 2.41. The second-order valence-electron chi connectivity index (χ2n) is 3.37. The van der Waals surface area contributed by atoms with E-state index in [0.29, 0.717) is 0 Å². The maximum atomic E-state index is 8.97. The van der Waals surface area contributed by atoms with Crippen LogP contribution in [0.2, 0.25) is 0 Å². The molecule has 2 rings (SSSR count). The van der Waals surface area contributed by atoms with Gasteiger partial charge in [-0.2, -0.15) is 5.26 Å². The van der Waals surface area contributed by atoms with Crippen molar-refractivity contribution in [1.29, 1.82) is 5.26 Å². The first kappa shape index (κ1) is 7.35. The SMILES string of the molecule is Cc1cc(C2(C#N)CCC2)no1. The van der Waals surface area contributed by atoms with Crippen LogP contribution in [0.5, 0.6) is 0 Å². The first-order chi connectivity index (χ1) is 5.77. The van der Waals surface area contributed by atoms with Crippen molar-refractivity contribution < 1.29 is 4.52 Å². The van der Waals surface area contributed by atoms with Crippen LogP contribution in [0.1, 0.15) is 30.7 Å². The highest BCUT2D eigenvalue weighted by atomic mass is 16.5. The molecule has 0 atom stereocenters. The Labute approximate surface area is 71.0 Å². The zero-order chi connectivity index (χ0) is 8.60. The third kappa shape index (κ3) is 0.845. The molecule has 3 heteroatoms. The van der Waals surface area contributed by atoms with Crippen LogP contribution in [0.4, 0.5) is 0 Å². The first-order valence-corrected chi connectivity index (χ1v) is 4.12. The maximum absolute atomic E-state index is 8.97. The summed E-state index contributed by atoms with van der Waals surface area (Å²) in [6.45, 7) is 1.85. The summed E-state index contributed by atoms with van der Waals surface area (Å²) >= 11 is 0. The van der Waals surface area contributed by atoms with Crippen LogP contribution in [-0.4, -0.2) is 5.16 Å². The van der Waals surface area contributed by atoms with Crippen molar-refractivity contribution in [3.8, 4) is 6.07 Å². The summed E-state index contributed by atoms with van der Waals surface area (Å²) in [6.07, 6.45) is 2.98. The van der Waals surface area contributed by atoms with E-state index in [2.05, 4.69) is 11.2 Å². The van der Waals surface area contributed by atoms with Crippen LogP contribution in [0.3, 0.4) is 0 Å². The van der Waals surface area contributed by atoms with Gasteiger partial charge < -0.3 is 4.52 Å². The molecular weight excluding hydrogens is 152 g/mol. The van der Waals surface area contributed by atoms with Crippen LogP contribution in [-0.2, 0) is 5.41 Å². The number of aryl methyl sites for hydroxylation is 1. The molecule has 1 fully saturated rings. The minimum atomic E-state index is -0.322. The Kier molecular flexibility index (Phi) is 1.44. The number of rotatable bonds is 1. The van der Waals surface area contributed by atoms with E-state index in [1.807, 2.05) is 13.0 Å². The predicted molar refractivity (Wildman–Crippen MR) is 42.4 cm³/mol. The van der Waals surface area contributed by atoms with Gasteiger partial charge in [0, 0.05) is 6.07 Å². The van der Waals surface area contributed by atoms with Crippen LogP contribution in [0, 0.1) is 18.3 Å². The largest absolute Gasteiger partial charge is 0.361 e. The van der Waals surface area contributed by atoms with Crippen LogP contribution >= 0.6 is 0 Å². The molecular formula is C9H10N2O. The maximum Gasteiger partial charge on any atom is 0.133 e. The van der Waals surface area contributed by atoms with Gasteiger partial charge in [0.25, 0.3) is 0 Å². The van der Waals surface area contributed by atoms with Crippen molar-refractivity contribution in [3.05, 3.63) is 17.5 Å². The first-order valence-electron chi connectivity index (χ1n) is 4.12. The van der Waals surface area contributed by atoms with Crippen molar-refractivity contribution in [3.63, 3.8) is 0 Å². The van der Waals surface area contributed by atoms with E-state index in [4.69, 9.17) is 9.78 Å². The lowest BCUT2D eigenvalue weighted by Crippen LogP contribution is -2.32. The number of aromatic nitrogens is 1. The second kappa shape index (κ2) is 2.34. The molecule has 1 aromatic rings. The van der Waals surface area contributed by atoms with Crippen LogP contribution in [0.15, 0.2) is 10.6 Å². The van der Waals surface area contributed by atoms with Crippen LogP contribution < -0.4 is 0 Å². The van der Waals surface area contributed by atoms with Gasteiger partial charge in [0.2, 0.25) is 0 Å². The summed E-state index contributed by atoms with van der Waals surface area (Å²) in [6, 6.07) is 4.19. The molecule has 0 saturated heterocycles. The molecule has 1 saturated carbocycles. The van der Waals surface area contributed by atoms with Crippen molar-refractivity contribution >= 4 is 0 Å². The van der Waals surface area contributed by atoms with E-state index >= 15 is 0 Å². The highest BCUT2D eigenvalue weighted by molar-refractivity contribution is 5.29. The molecule has 1 aliphatic rings. The minimum Gasteiger partial charge on any atom is -0.361 e. The molecule has 0 N–H and O–H groups in total. The molecule has 1 aliphatic carbocycles. The van der Waals surface area contributed by atoms with Gasteiger partial charge in [-0.05, 0) is 26.2 Å². The lowest BCUT2D eigenvalue weighted by atomic mass is 9.68. The molecule has 0 amide bonds. The van der Waals surface area contributed by atoms with E-state index in [0.717, 1.165) is 30.7 Å². The van der Waals surface area contributed by atoms with E-state index in [-0.39, 0.29) is 5.41 Å². The van der Waals surface area contributed by atoms with E-state index in [1.54, 1.807) is 0 Å². The summed E-state index contributed by atoms with van der Waals surface area (Å²) in [5.74, 6) is 0.784. The molecule has 12 heavy (non-hydrogen) atoms. The van der Waals surface area contributed by atoms with E-state index in [1.165, 1.54) is 0 Å². The van der Waals surface area contributed by atoms with Crippen LogP contribution in [0.25, 0.3) is 0 Å². The lowest BCUT2D eigenvalue weighted by molar-refractivity contribution is 0.293. The molecule has 1 heterocycles. The molecule has 0 aromatic carbocycles. The Morgan fingerprint density at radius 3 is 2.75 bits per heavy atom. The standard InChI is InChI=1S/C9H10N2O/c1-7-5-8(11-12-7)9(6-10)3-2-4-9/h5H,2-4H2,1H3. The molecule has 0 aliphatic heterocycles. The summed E-state index contributed by atoms with van der Waals surface area (Å²) < 4.78 is 4.95. The fourth-order valence-corrected chi connectivity index (χ4v) is 1.55. The lowest BCUT2D eigenvalue weighted by Gasteiger charge is -2.32. The Morgan fingerprint density at radius 2 is 2.42 bits per heavy atom. The number of nitriles is 1. The summed E-state index contributed by atoms with van der Waals surface area (Å²) in [5, 5.41) is 12.9. The molecule has 0 radical (unpaired) electrons. The van der Waals surface area contributed by atoms with Gasteiger partial charge in [-0.15, -0.1) is 0 Å². The molecule has 62 valence electrons. The van der Waals surface area contributed by atoms with Gasteiger partial charge in [0.15, 0.2) is 0 Å². The number of nitrogens with zero attached hydrogens (tertiary/aromatic N) is 2. The van der Waals surface area contributed by atoms with Gasteiger partial charge in [-0.1, -0.05) is 5.16 Å². The van der Waals surface area contributed by atoms with Crippen molar-refractivity contribution in [2.45, 2.75) is 31.6 Å². The van der Waals surface area contributed by atoms with E-state index in [9.17, 15) is 0 Å². The van der Waals surface area contributed by atoms with Gasteiger partial charge in [-0.25, -0.2) is 0 Å². The average molecular weight is 162 g/mol. The topological polar surface area (TPSA) is 49.8 Å². The zero-order valence-electron chi connectivity index (χ0n) is 7.00. The normalized spacial score (nSPS) is 19.7. The molecule has 0 bridgehead atoms. The van der Waals surface area contributed by atoms with E-state index < -0.39 is 0 Å². The fourth-order valence-electron chi connectivity index (χ4n) is 1.55. The highest BCUT2D eigenvalue weighted by Crippen LogP contribution is 2.42. The Bertz CT molecular complexity index is 331. The quantitative estimate of drug-likeness (QED) is 0.634. The number of hydrogen-bond donors (Lipinski definition) is 0. The second-order valence-corrected chi connectivity index (χ2v) is 3.37. The minimum absolute atomic E-state index is 0.322. The molecule has 3 nitrogen and oxygen atoms in total. The predicted octanol–water partition coefficient (Wildman–Crippen LogP) is 1.93. The van der Waals surface area contributed by atoms with Gasteiger partial charge in [0.05, 0.1) is 6.07 Å². The summed E-state index contributed by atoms with van der Waals surface area (Å²) in [4.78, 5) is 0. The van der Waals surface area contributed by atoms with Gasteiger partial charge in [0.1, 0.15) is 16.9 Å². The van der Waals surface area contributed by atoms with Crippen molar-refractivity contribution in [1.82, 2.24) is 5.16 Å². The van der Waals surface area contributed by atoms with Crippen molar-refractivity contribution in [2.75, 3.05) is 0 Å². The van der Waals surface area contributed by atoms with Gasteiger partial charge >= 0.3 is 0 Å². The fraction of sp³-hybridized carbons (Fsp3) is 0.556. The zero-order valence-corrected chi connectivity index (χ0v) is 7.00. The number of hydrogen-bond acceptors (Lipinski definition) is 3. The Hall–Kier alpha value is -1.30. The third-order valence-electron chi connectivity index (χ3n) is 2.54. The molecule has 1 aromatic heterocycles.